The molecule has 0 aliphatic heterocycles. The number of hydrogen-bond acceptors (Lipinski definition) is 3. The molecule has 0 bridgehead atoms. The number of benzene rings is 1. The quantitative estimate of drug-likeness (QED) is 0.629. The molecule has 1 aromatic heterocycles. The van der Waals surface area contributed by atoms with E-state index in [2.05, 4.69) is 15.9 Å². The van der Waals surface area contributed by atoms with Crippen LogP contribution in [0.5, 0.6) is 0 Å². The van der Waals surface area contributed by atoms with Gasteiger partial charge in [-0.2, -0.15) is 0 Å². The highest BCUT2D eigenvalue weighted by atomic mass is 79.9. The zero-order valence-corrected chi connectivity index (χ0v) is 8.98. The van der Waals surface area contributed by atoms with Crippen molar-refractivity contribution in [2.75, 3.05) is 5.73 Å². The number of aldehydes is 1. The molecule has 0 aliphatic carbocycles. The third-order valence-corrected chi connectivity index (χ3v) is 3.49. The molecule has 0 saturated heterocycles. The lowest BCUT2D eigenvalue weighted by molar-refractivity contribution is 0.112. The minimum atomic E-state index is 0.678. The Morgan fingerprint density at radius 1 is 1.54 bits per heavy atom. The summed E-state index contributed by atoms with van der Waals surface area (Å²) < 4.78 is 1.75. The maximum Gasteiger partial charge on any atom is 0.150 e. The molecule has 0 spiro atoms. The van der Waals surface area contributed by atoms with Gasteiger partial charge in [-0.05, 0) is 33.4 Å². The highest BCUT2D eigenvalue weighted by Gasteiger charge is 2.08. The fraction of sp³-hybridized carbons (Fsp3) is 0. The minimum Gasteiger partial charge on any atom is -0.397 e. The van der Waals surface area contributed by atoms with Gasteiger partial charge >= 0.3 is 0 Å². The van der Waals surface area contributed by atoms with E-state index in [1.54, 1.807) is 17.4 Å². The van der Waals surface area contributed by atoms with Gasteiger partial charge in [-0.1, -0.05) is 0 Å². The van der Waals surface area contributed by atoms with Crippen LogP contribution in [0.15, 0.2) is 22.0 Å². The Morgan fingerprint density at radius 3 is 3.00 bits per heavy atom. The van der Waals surface area contributed by atoms with Gasteiger partial charge in [0.2, 0.25) is 0 Å². The maximum absolute atomic E-state index is 10.7. The Hall–Kier alpha value is -0.870. The van der Waals surface area contributed by atoms with Crippen LogP contribution in [0.2, 0.25) is 0 Å². The molecule has 66 valence electrons. The molecular weight excluding hydrogens is 250 g/mol. The van der Waals surface area contributed by atoms with Gasteiger partial charge in [-0.3, -0.25) is 4.79 Å². The van der Waals surface area contributed by atoms with Crippen molar-refractivity contribution in [2.45, 2.75) is 0 Å². The zero-order valence-electron chi connectivity index (χ0n) is 6.58. The van der Waals surface area contributed by atoms with Crippen LogP contribution in [0, 0.1) is 0 Å². The van der Waals surface area contributed by atoms with E-state index in [0.29, 0.717) is 11.3 Å². The van der Waals surface area contributed by atoms with Crippen molar-refractivity contribution in [3.05, 3.63) is 27.5 Å². The molecule has 0 fully saturated rings. The molecule has 0 amide bonds. The fourth-order valence-electron chi connectivity index (χ4n) is 1.24. The number of nitrogens with two attached hydrogens (primary N) is 1. The standard InChI is InChI=1S/C9H6BrNOS/c10-7-3-5(4-12)6-1-2-13-9(6)8(7)11/h1-4H,11H2. The zero-order chi connectivity index (χ0) is 9.42. The summed E-state index contributed by atoms with van der Waals surface area (Å²) in [5, 5.41) is 2.86. The molecule has 2 nitrogen and oxygen atoms in total. The molecule has 0 radical (unpaired) electrons. The van der Waals surface area contributed by atoms with Gasteiger partial charge in [0.1, 0.15) is 0 Å². The molecule has 2 N–H and O–H groups in total. The number of nitrogen functional groups attached to an aromatic ring is 1. The Kier molecular flexibility index (Phi) is 2.09. The summed E-state index contributed by atoms with van der Waals surface area (Å²) in [6.45, 7) is 0. The van der Waals surface area contributed by atoms with Crippen LogP contribution in [0.3, 0.4) is 0 Å². The lowest BCUT2D eigenvalue weighted by Gasteiger charge is -2.01. The minimum absolute atomic E-state index is 0.678. The van der Waals surface area contributed by atoms with Crippen molar-refractivity contribution in [2.24, 2.45) is 0 Å². The molecule has 13 heavy (non-hydrogen) atoms. The van der Waals surface area contributed by atoms with Gasteiger partial charge in [0, 0.05) is 15.4 Å². The molecule has 0 atom stereocenters. The number of anilines is 1. The first kappa shape index (κ1) is 8.72. The monoisotopic (exact) mass is 255 g/mol. The molecule has 0 unspecified atom stereocenters. The van der Waals surface area contributed by atoms with Crippen LogP contribution in [0.25, 0.3) is 10.1 Å². The second-order valence-electron chi connectivity index (χ2n) is 2.64. The summed E-state index contributed by atoms with van der Waals surface area (Å²) in [6, 6.07) is 3.66. The van der Waals surface area contributed by atoms with E-state index in [9.17, 15) is 4.79 Å². The summed E-state index contributed by atoms with van der Waals surface area (Å²) in [7, 11) is 0. The molecule has 0 saturated carbocycles. The number of hydrogen-bond donors (Lipinski definition) is 1. The van der Waals surface area contributed by atoms with Crippen LogP contribution in [0.1, 0.15) is 10.4 Å². The van der Waals surface area contributed by atoms with Gasteiger partial charge in [-0.25, -0.2) is 0 Å². The molecule has 1 aromatic carbocycles. The highest BCUT2D eigenvalue weighted by molar-refractivity contribution is 9.10. The van der Waals surface area contributed by atoms with Gasteiger partial charge in [-0.15, -0.1) is 11.3 Å². The first-order chi connectivity index (χ1) is 6.24. The molecular formula is C9H6BrNOS. The third kappa shape index (κ3) is 1.26. The summed E-state index contributed by atoms with van der Waals surface area (Å²) in [5.41, 5.74) is 7.22. The molecule has 2 aromatic rings. The number of carbonyl (C=O) groups is 1. The first-order valence-electron chi connectivity index (χ1n) is 3.64. The number of halogens is 1. The van der Waals surface area contributed by atoms with Gasteiger partial charge in [0.05, 0.1) is 10.4 Å². The van der Waals surface area contributed by atoms with Crippen LogP contribution in [-0.2, 0) is 0 Å². The predicted octanol–water partition coefficient (Wildman–Crippen LogP) is 3.06. The summed E-state index contributed by atoms with van der Waals surface area (Å²) >= 11 is 4.86. The predicted molar refractivity (Wildman–Crippen MR) is 59.3 cm³/mol. The van der Waals surface area contributed by atoms with E-state index < -0.39 is 0 Å². The summed E-state index contributed by atoms with van der Waals surface area (Å²) in [5.74, 6) is 0. The van der Waals surface area contributed by atoms with Crippen molar-refractivity contribution in [3.63, 3.8) is 0 Å². The van der Waals surface area contributed by atoms with Crippen molar-refractivity contribution >= 4 is 49.3 Å². The molecule has 1 heterocycles. The Labute approximate surface area is 87.5 Å². The largest absolute Gasteiger partial charge is 0.397 e. The number of thiophene rings is 1. The number of fused-ring (bicyclic) bond motifs is 1. The first-order valence-corrected chi connectivity index (χ1v) is 5.31. The second-order valence-corrected chi connectivity index (χ2v) is 4.41. The Balaban J connectivity index is 2.95. The smallest absolute Gasteiger partial charge is 0.150 e. The molecule has 4 heteroatoms. The van der Waals surface area contributed by atoms with Gasteiger partial charge < -0.3 is 5.73 Å². The van der Waals surface area contributed by atoms with Crippen molar-refractivity contribution in [1.82, 2.24) is 0 Å². The Morgan fingerprint density at radius 2 is 2.31 bits per heavy atom. The third-order valence-electron chi connectivity index (χ3n) is 1.89. The lowest BCUT2D eigenvalue weighted by Crippen LogP contribution is -1.89. The fourth-order valence-corrected chi connectivity index (χ4v) is 2.71. The topological polar surface area (TPSA) is 43.1 Å². The molecule has 0 aliphatic rings. The van der Waals surface area contributed by atoms with Crippen LogP contribution >= 0.6 is 27.3 Å². The van der Waals surface area contributed by atoms with Crippen LogP contribution in [0.4, 0.5) is 5.69 Å². The van der Waals surface area contributed by atoms with E-state index in [4.69, 9.17) is 5.73 Å². The number of rotatable bonds is 1. The SMILES string of the molecule is Nc1c(Br)cc(C=O)c2ccsc12. The molecule has 2 rings (SSSR count). The van der Waals surface area contributed by atoms with Crippen molar-refractivity contribution in [1.29, 1.82) is 0 Å². The average molecular weight is 256 g/mol. The maximum atomic E-state index is 10.7. The van der Waals surface area contributed by atoms with Crippen LogP contribution < -0.4 is 5.73 Å². The average Bonchev–Trinajstić information content (AvgIpc) is 2.60. The second kappa shape index (κ2) is 3.12. The van der Waals surface area contributed by atoms with E-state index in [-0.39, 0.29) is 0 Å². The summed E-state index contributed by atoms with van der Waals surface area (Å²) in [6.07, 6.45) is 0.846. The Bertz CT molecular complexity index is 478. The lowest BCUT2D eigenvalue weighted by atomic mass is 10.1. The number of carbonyl (C=O) groups excluding carboxylic acids is 1. The van der Waals surface area contributed by atoms with E-state index in [0.717, 1.165) is 20.8 Å². The van der Waals surface area contributed by atoms with Crippen molar-refractivity contribution < 1.29 is 4.79 Å². The van der Waals surface area contributed by atoms with Crippen molar-refractivity contribution in [3.8, 4) is 0 Å². The van der Waals surface area contributed by atoms with Gasteiger partial charge in [0.15, 0.2) is 6.29 Å². The van der Waals surface area contributed by atoms with E-state index in [1.807, 2.05) is 11.4 Å². The summed E-state index contributed by atoms with van der Waals surface area (Å²) in [4.78, 5) is 10.7. The van der Waals surface area contributed by atoms with Gasteiger partial charge in [0.25, 0.3) is 0 Å². The normalized spacial score (nSPS) is 10.5. The van der Waals surface area contributed by atoms with Crippen LogP contribution in [-0.4, -0.2) is 6.29 Å². The van der Waals surface area contributed by atoms with E-state index >= 15 is 0 Å². The highest BCUT2D eigenvalue weighted by Crippen LogP contribution is 2.34. The van der Waals surface area contributed by atoms with E-state index in [1.165, 1.54) is 0 Å².